The highest BCUT2D eigenvalue weighted by Crippen LogP contribution is 2.35. The van der Waals surface area contributed by atoms with Gasteiger partial charge in [0, 0.05) is 23.4 Å². The van der Waals surface area contributed by atoms with Gasteiger partial charge in [-0.3, -0.25) is 9.89 Å². The van der Waals surface area contributed by atoms with Crippen molar-refractivity contribution in [2.45, 2.75) is 25.2 Å². The van der Waals surface area contributed by atoms with Gasteiger partial charge in [0.25, 0.3) is 5.91 Å². The number of benzene rings is 2. The number of nitrogens with one attached hydrogen (secondary N) is 2. The summed E-state index contributed by atoms with van der Waals surface area (Å²) in [5.41, 5.74) is -0.667. The van der Waals surface area contributed by atoms with Crippen LogP contribution in [0.4, 0.5) is 22.0 Å². The molecule has 1 unspecified atom stereocenters. The number of aliphatic hydroxyl groups excluding tert-OH is 1. The second-order valence-electron chi connectivity index (χ2n) is 6.62. The van der Waals surface area contributed by atoms with Crippen molar-refractivity contribution in [1.82, 2.24) is 15.5 Å². The molecule has 0 aliphatic rings. The van der Waals surface area contributed by atoms with Crippen LogP contribution in [0.25, 0.3) is 11.1 Å². The topological polar surface area (TPSA) is 78.0 Å². The fraction of sp³-hybridized carbons (Fsp3) is 0.200. The van der Waals surface area contributed by atoms with Crippen molar-refractivity contribution >= 4 is 5.91 Å². The molecule has 0 spiro atoms. The normalized spacial score (nSPS) is 13.7. The van der Waals surface area contributed by atoms with Crippen molar-refractivity contribution in [1.29, 1.82) is 0 Å². The average Bonchev–Trinajstić information content (AvgIpc) is 3.21. The predicted octanol–water partition coefficient (Wildman–Crippen LogP) is 4.44. The Morgan fingerprint density at radius 1 is 1.13 bits per heavy atom. The van der Waals surface area contributed by atoms with Crippen molar-refractivity contribution in [3.8, 4) is 11.1 Å². The summed E-state index contributed by atoms with van der Waals surface area (Å²) in [6, 6.07) is 6.54. The molecule has 5 nitrogen and oxygen atoms in total. The summed E-state index contributed by atoms with van der Waals surface area (Å²) in [6.45, 7) is 1.63. The van der Waals surface area contributed by atoms with E-state index < -0.39 is 41.4 Å². The van der Waals surface area contributed by atoms with Gasteiger partial charge in [-0.25, -0.2) is 8.78 Å². The van der Waals surface area contributed by atoms with Gasteiger partial charge in [-0.15, -0.1) is 0 Å². The van der Waals surface area contributed by atoms with E-state index >= 15 is 0 Å². The standard InChI is InChI=1S/C20H16F5N3O2/c1-10(17-4-5-26-28-17)27-19(30)13-7-11(15-3-2-14(21)9-16(15)22)6-12(8-13)18(29)20(23,24)25/h2-10,18,29H,1H3,(H,26,28)(H,27,30)/t10-,18?/m1/s1. The molecular weight excluding hydrogens is 409 g/mol. The first-order valence-corrected chi connectivity index (χ1v) is 8.71. The maximum Gasteiger partial charge on any atom is 0.418 e. The van der Waals surface area contributed by atoms with Crippen LogP contribution < -0.4 is 5.32 Å². The van der Waals surface area contributed by atoms with Crippen molar-refractivity contribution in [3.05, 3.63) is 77.1 Å². The van der Waals surface area contributed by atoms with E-state index in [1.807, 2.05) is 0 Å². The molecule has 0 radical (unpaired) electrons. The van der Waals surface area contributed by atoms with Gasteiger partial charge in [0.1, 0.15) is 11.6 Å². The molecule has 3 rings (SSSR count). The van der Waals surface area contributed by atoms with Gasteiger partial charge >= 0.3 is 6.18 Å². The number of carbonyl (C=O) groups is 1. The van der Waals surface area contributed by atoms with E-state index in [2.05, 4.69) is 15.5 Å². The number of aliphatic hydroxyl groups is 1. The zero-order valence-electron chi connectivity index (χ0n) is 15.5. The molecule has 0 saturated heterocycles. The highest BCUT2D eigenvalue weighted by Gasteiger charge is 2.40. The predicted molar refractivity (Wildman–Crippen MR) is 97.3 cm³/mol. The molecule has 1 aromatic heterocycles. The van der Waals surface area contributed by atoms with E-state index in [0.717, 1.165) is 30.3 Å². The SMILES string of the molecule is C[C@@H](NC(=O)c1cc(-c2ccc(F)cc2F)cc(C(O)C(F)(F)F)c1)c1ccn[nH]1. The molecule has 0 aliphatic carbocycles. The second-order valence-corrected chi connectivity index (χ2v) is 6.62. The van der Waals surface area contributed by atoms with Gasteiger partial charge in [0.05, 0.1) is 11.7 Å². The number of rotatable bonds is 5. The van der Waals surface area contributed by atoms with Crippen LogP contribution in [-0.2, 0) is 0 Å². The Morgan fingerprint density at radius 3 is 2.47 bits per heavy atom. The Morgan fingerprint density at radius 2 is 1.87 bits per heavy atom. The molecule has 2 aromatic carbocycles. The van der Waals surface area contributed by atoms with Crippen LogP contribution in [0, 0.1) is 11.6 Å². The smallest absolute Gasteiger partial charge is 0.379 e. The third-order valence-corrected chi connectivity index (χ3v) is 4.42. The second kappa shape index (κ2) is 8.23. The first-order chi connectivity index (χ1) is 14.1. The van der Waals surface area contributed by atoms with E-state index in [1.165, 1.54) is 6.20 Å². The van der Waals surface area contributed by atoms with Crippen LogP contribution in [0.3, 0.4) is 0 Å². The lowest BCUT2D eigenvalue weighted by Crippen LogP contribution is -2.27. The van der Waals surface area contributed by atoms with E-state index in [4.69, 9.17) is 0 Å². The molecule has 0 saturated carbocycles. The van der Waals surface area contributed by atoms with Gasteiger partial charge in [0.2, 0.25) is 0 Å². The number of alkyl halides is 3. The number of H-pyrrole nitrogens is 1. The van der Waals surface area contributed by atoms with E-state index in [1.54, 1.807) is 13.0 Å². The highest BCUT2D eigenvalue weighted by atomic mass is 19.4. The number of nitrogens with zero attached hydrogens (tertiary/aromatic N) is 1. The summed E-state index contributed by atoms with van der Waals surface area (Å²) in [6.07, 6.45) is -6.43. The molecule has 0 aliphatic heterocycles. The van der Waals surface area contributed by atoms with Crippen LogP contribution >= 0.6 is 0 Å². The minimum Gasteiger partial charge on any atom is -0.379 e. The number of carbonyl (C=O) groups excluding carboxylic acids is 1. The van der Waals surface area contributed by atoms with E-state index in [9.17, 15) is 31.9 Å². The highest BCUT2D eigenvalue weighted by molar-refractivity contribution is 5.96. The Balaban J connectivity index is 2.04. The molecular formula is C20H16F5N3O2. The van der Waals surface area contributed by atoms with Crippen LogP contribution in [0.5, 0.6) is 0 Å². The van der Waals surface area contributed by atoms with Crippen molar-refractivity contribution in [2.75, 3.05) is 0 Å². The molecule has 1 heterocycles. The fourth-order valence-corrected chi connectivity index (χ4v) is 2.87. The van der Waals surface area contributed by atoms with E-state index in [-0.39, 0.29) is 16.7 Å². The Bertz CT molecular complexity index is 1050. The number of halogens is 5. The minimum atomic E-state index is -5.00. The Hall–Kier alpha value is -3.27. The lowest BCUT2D eigenvalue weighted by Gasteiger charge is -2.18. The van der Waals surface area contributed by atoms with Crippen molar-refractivity contribution in [3.63, 3.8) is 0 Å². The van der Waals surface area contributed by atoms with Gasteiger partial charge in [-0.1, -0.05) is 0 Å². The molecule has 3 aromatic rings. The maximum absolute atomic E-state index is 14.2. The third-order valence-electron chi connectivity index (χ3n) is 4.42. The monoisotopic (exact) mass is 425 g/mol. The number of hydrogen-bond acceptors (Lipinski definition) is 3. The van der Waals surface area contributed by atoms with Gasteiger partial charge in [0.15, 0.2) is 6.10 Å². The summed E-state index contributed by atoms with van der Waals surface area (Å²) < 4.78 is 66.5. The Kier molecular flexibility index (Phi) is 5.88. The maximum atomic E-state index is 14.2. The van der Waals surface area contributed by atoms with Crippen LogP contribution in [-0.4, -0.2) is 27.4 Å². The average molecular weight is 425 g/mol. The molecule has 2 atom stereocenters. The minimum absolute atomic E-state index is 0.118. The number of amides is 1. The Labute approximate surface area is 167 Å². The summed E-state index contributed by atoms with van der Waals surface area (Å²) >= 11 is 0. The number of aromatic amines is 1. The molecule has 30 heavy (non-hydrogen) atoms. The summed E-state index contributed by atoms with van der Waals surface area (Å²) in [4.78, 5) is 12.6. The van der Waals surface area contributed by atoms with Gasteiger partial charge < -0.3 is 10.4 Å². The summed E-state index contributed by atoms with van der Waals surface area (Å²) in [7, 11) is 0. The number of aromatic nitrogens is 2. The molecule has 1 amide bonds. The van der Waals surface area contributed by atoms with Crippen molar-refractivity contribution < 1.29 is 31.9 Å². The van der Waals surface area contributed by atoms with Crippen LogP contribution in [0.1, 0.15) is 40.7 Å². The zero-order valence-corrected chi connectivity index (χ0v) is 15.5. The molecule has 0 bridgehead atoms. The molecule has 3 N–H and O–H groups in total. The summed E-state index contributed by atoms with van der Waals surface area (Å²) in [5.74, 6) is -2.64. The zero-order chi connectivity index (χ0) is 22.1. The largest absolute Gasteiger partial charge is 0.418 e. The van der Waals surface area contributed by atoms with E-state index in [0.29, 0.717) is 11.8 Å². The lowest BCUT2D eigenvalue weighted by atomic mass is 9.96. The van der Waals surface area contributed by atoms with Crippen molar-refractivity contribution in [2.24, 2.45) is 0 Å². The molecule has 158 valence electrons. The fourth-order valence-electron chi connectivity index (χ4n) is 2.87. The van der Waals surface area contributed by atoms with Crippen LogP contribution in [0.2, 0.25) is 0 Å². The van der Waals surface area contributed by atoms with Gasteiger partial charge in [-0.05, 0) is 54.4 Å². The van der Waals surface area contributed by atoms with Crippen LogP contribution in [0.15, 0.2) is 48.7 Å². The quantitative estimate of drug-likeness (QED) is 0.529. The third kappa shape index (κ3) is 4.65. The van der Waals surface area contributed by atoms with Gasteiger partial charge in [-0.2, -0.15) is 18.3 Å². The first-order valence-electron chi connectivity index (χ1n) is 8.71. The first kappa shape index (κ1) is 21.4. The molecule has 10 heteroatoms. The number of hydrogen-bond donors (Lipinski definition) is 3. The summed E-state index contributed by atoms with van der Waals surface area (Å²) in [5, 5.41) is 18.6. The molecule has 0 fully saturated rings. The lowest BCUT2D eigenvalue weighted by molar-refractivity contribution is -0.206.